The van der Waals surface area contributed by atoms with E-state index in [0.29, 0.717) is 36.2 Å². The normalized spacial score (nSPS) is 17.4. The number of alkyl halides is 1. The average molecular weight is 647 g/mol. The molecule has 4 aromatic rings. The summed E-state index contributed by atoms with van der Waals surface area (Å²) in [5.41, 5.74) is 8.70. The Hall–Kier alpha value is -3.32. The fraction of sp³-hybridized carbons (Fsp3) is 0.419. The van der Waals surface area contributed by atoms with Crippen molar-refractivity contribution in [2.45, 2.75) is 62.4 Å². The van der Waals surface area contributed by atoms with Gasteiger partial charge < -0.3 is 15.8 Å². The summed E-state index contributed by atoms with van der Waals surface area (Å²) >= 11 is 5.66. The van der Waals surface area contributed by atoms with Gasteiger partial charge in [0.2, 0.25) is 0 Å². The highest BCUT2D eigenvalue weighted by Gasteiger charge is 2.29. The van der Waals surface area contributed by atoms with E-state index in [1.54, 1.807) is 0 Å². The molecule has 0 spiro atoms. The number of nitrogens with one attached hydrogen (secondary N) is 2. The highest BCUT2D eigenvalue weighted by atomic mass is 35.5. The van der Waals surface area contributed by atoms with Crippen LogP contribution in [0.1, 0.15) is 57.1 Å². The Morgan fingerprint density at radius 3 is 2.52 bits per heavy atom. The minimum atomic E-state index is -4.28. The molecule has 0 radical (unpaired) electrons. The number of hydrogen-bond acceptors (Lipinski definition) is 7. The van der Waals surface area contributed by atoms with E-state index >= 15 is 4.39 Å². The number of fused-ring (bicyclic) bond motifs is 1. The Morgan fingerprint density at radius 2 is 1.84 bits per heavy atom. The van der Waals surface area contributed by atoms with E-state index in [4.69, 9.17) is 27.2 Å². The Kier molecular flexibility index (Phi) is 10.0. The lowest BCUT2D eigenvalue weighted by Gasteiger charge is -2.30. The summed E-state index contributed by atoms with van der Waals surface area (Å²) in [6.07, 6.45) is 5.70. The van der Waals surface area contributed by atoms with E-state index in [1.165, 1.54) is 24.3 Å². The van der Waals surface area contributed by atoms with Gasteiger partial charge in [-0.25, -0.2) is 22.2 Å². The lowest BCUT2D eigenvalue weighted by Crippen LogP contribution is -2.35. The highest BCUT2D eigenvalue weighted by molar-refractivity contribution is 7.92. The number of halogens is 3. The van der Waals surface area contributed by atoms with Crippen molar-refractivity contribution in [3.63, 3.8) is 0 Å². The van der Waals surface area contributed by atoms with Gasteiger partial charge in [-0.05, 0) is 81.3 Å². The fourth-order valence-corrected chi connectivity index (χ4v) is 7.06. The number of pyridine rings is 1. The van der Waals surface area contributed by atoms with Crippen molar-refractivity contribution in [1.82, 2.24) is 20.1 Å². The standard InChI is InChI=1S/C31H37ClF2N6O3S/c1-19(2)40-30-24(20-7-9-21(10-8-20)36-14-16-43-15-13-32)18-37-31(35)28(30)29(38-40)23-12-11-22(17-26(23)34)39-44(41,42)27-6-4-3-5-25(27)33/h3-6,11-12,17-21,36,39H,7-10,13-16H2,1-2H3,(H2,35,37). The first-order chi connectivity index (χ1) is 21.1. The number of nitrogens with zero attached hydrogens (tertiary/aromatic N) is 3. The molecule has 1 aliphatic carbocycles. The van der Waals surface area contributed by atoms with Crippen LogP contribution in [0.15, 0.2) is 53.6 Å². The molecule has 0 atom stereocenters. The molecule has 0 bridgehead atoms. The van der Waals surface area contributed by atoms with E-state index in [0.717, 1.165) is 61.5 Å². The zero-order valence-corrected chi connectivity index (χ0v) is 26.3. The molecule has 0 unspecified atom stereocenters. The largest absolute Gasteiger partial charge is 0.383 e. The van der Waals surface area contributed by atoms with Crippen molar-refractivity contribution in [3.8, 4) is 11.3 Å². The number of sulfonamides is 1. The Morgan fingerprint density at radius 1 is 1.09 bits per heavy atom. The number of nitrogen functional groups attached to an aromatic ring is 1. The number of ether oxygens (including phenoxy) is 1. The van der Waals surface area contributed by atoms with Crippen LogP contribution in [0.3, 0.4) is 0 Å². The molecule has 1 fully saturated rings. The minimum Gasteiger partial charge on any atom is -0.383 e. The van der Waals surface area contributed by atoms with E-state index < -0.39 is 26.6 Å². The average Bonchev–Trinajstić information content (AvgIpc) is 3.39. The van der Waals surface area contributed by atoms with E-state index in [2.05, 4.69) is 15.0 Å². The summed E-state index contributed by atoms with van der Waals surface area (Å²) in [6, 6.07) is 9.25. The van der Waals surface area contributed by atoms with Crippen LogP contribution in [0, 0.1) is 11.6 Å². The van der Waals surface area contributed by atoms with Crippen molar-refractivity contribution >= 4 is 44.0 Å². The van der Waals surface area contributed by atoms with Gasteiger partial charge >= 0.3 is 0 Å². The quantitative estimate of drug-likeness (QED) is 0.123. The molecule has 2 aromatic heterocycles. The summed E-state index contributed by atoms with van der Waals surface area (Å²) in [5.74, 6) is -0.653. The fourth-order valence-electron chi connectivity index (χ4n) is 5.82. The summed E-state index contributed by atoms with van der Waals surface area (Å²) in [7, 11) is -4.28. The van der Waals surface area contributed by atoms with Gasteiger partial charge in [-0.3, -0.25) is 9.40 Å². The van der Waals surface area contributed by atoms with Gasteiger partial charge in [0.25, 0.3) is 10.0 Å². The molecule has 0 aliphatic heterocycles. The van der Waals surface area contributed by atoms with Crippen LogP contribution in [-0.4, -0.2) is 54.9 Å². The zero-order valence-electron chi connectivity index (χ0n) is 24.7. The van der Waals surface area contributed by atoms with Crippen LogP contribution in [0.25, 0.3) is 22.2 Å². The third kappa shape index (κ3) is 6.83. The Balaban J connectivity index is 1.43. The van der Waals surface area contributed by atoms with Gasteiger partial charge in [0.15, 0.2) is 0 Å². The summed E-state index contributed by atoms with van der Waals surface area (Å²) in [5, 5.41) is 8.94. The molecule has 13 heteroatoms. The molecule has 1 saturated carbocycles. The molecule has 2 heterocycles. The SMILES string of the molecule is CC(C)n1nc(-c2ccc(NS(=O)(=O)c3ccccc3F)cc2F)c2c(N)ncc(C3CCC(NCCOCCCl)CC3)c21. The van der Waals surface area contributed by atoms with Gasteiger partial charge in [-0.15, -0.1) is 11.6 Å². The molecule has 236 valence electrons. The van der Waals surface area contributed by atoms with E-state index in [-0.39, 0.29) is 29.0 Å². The molecule has 1 aliphatic rings. The van der Waals surface area contributed by atoms with Crippen molar-refractivity contribution in [2.24, 2.45) is 0 Å². The van der Waals surface area contributed by atoms with Gasteiger partial charge in [0.1, 0.15) is 28.0 Å². The Bertz CT molecular complexity index is 1730. The second-order valence-corrected chi connectivity index (χ2v) is 13.3. The molecule has 2 aromatic carbocycles. The van der Waals surface area contributed by atoms with Crippen LogP contribution in [0.2, 0.25) is 0 Å². The van der Waals surface area contributed by atoms with Crippen molar-refractivity contribution in [3.05, 3.63) is 65.9 Å². The van der Waals surface area contributed by atoms with Gasteiger partial charge in [-0.2, -0.15) is 5.10 Å². The molecule has 5 rings (SSSR count). The third-order valence-electron chi connectivity index (χ3n) is 7.94. The molecular formula is C31H37ClF2N6O3S. The monoisotopic (exact) mass is 646 g/mol. The summed E-state index contributed by atoms with van der Waals surface area (Å²) < 4.78 is 64.9. The maximum absolute atomic E-state index is 15.7. The highest BCUT2D eigenvalue weighted by Crippen LogP contribution is 2.42. The minimum absolute atomic E-state index is 0.0484. The van der Waals surface area contributed by atoms with Crippen LogP contribution in [0.5, 0.6) is 0 Å². The maximum Gasteiger partial charge on any atom is 0.264 e. The van der Waals surface area contributed by atoms with Gasteiger partial charge in [-0.1, -0.05) is 12.1 Å². The number of aromatic nitrogens is 3. The number of hydrogen-bond donors (Lipinski definition) is 3. The number of rotatable bonds is 12. The number of benzene rings is 2. The first kappa shape index (κ1) is 32.1. The van der Waals surface area contributed by atoms with Crippen LogP contribution < -0.4 is 15.8 Å². The smallest absolute Gasteiger partial charge is 0.264 e. The predicted molar refractivity (Wildman–Crippen MR) is 169 cm³/mol. The molecule has 0 saturated heterocycles. The van der Waals surface area contributed by atoms with Crippen molar-refractivity contribution in [1.29, 1.82) is 0 Å². The van der Waals surface area contributed by atoms with Crippen LogP contribution in [0.4, 0.5) is 20.3 Å². The summed E-state index contributed by atoms with van der Waals surface area (Å²) in [4.78, 5) is 3.98. The molecule has 9 nitrogen and oxygen atoms in total. The number of anilines is 2. The van der Waals surface area contributed by atoms with Crippen LogP contribution >= 0.6 is 11.6 Å². The first-order valence-electron chi connectivity index (χ1n) is 14.7. The van der Waals surface area contributed by atoms with Crippen LogP contribution in [-0.2, 0) is 14.8 Å². The topological polar surface area (TPSA) is 124 Å². The predicted octanol–water partition coefficient (Wildman–Crippen LogP) is 6.21. The van der Waals surface area contributed by atoms with Gasteiger partial charge in [0.05, 0.1) is 29.8 Å². The summed E-state index contributed by atoms with van der Waals surface area (Å²) in [6.45, 7) is 5.95. The lowest BCUT2D eigenvalue weighted by atomic mass is 9.81. The van der Waals surface area contributed by atoms with E-state index in [1.807, 2.05) is 24.7 Å². The molecule has 0 amide bonds. The molecule has 4 N–H and O–H groups in total. The third-order valence-corrected chi connectivity index (χ3v) is 9.51. The molecular weight excluding hydrogens is 610 g/mol. The maximum atomic E-state index is 15.7. The lowest BCUT2D eigenvalue weighted by molar-refractivity contribution is 0.146. The zero-order chi connectivity index (χ0) is 31.4. The van der Waals surface area contributed by atoms with E-state index in [9.17, 15) is 12.8 Å². The first-order valence-corrected chi connectivity index (χ1v) is 16.7. The second-order valence-electron chi connectivity index (χ2n) is 11.2. The Labute approximate surface area is 261 Å². The van der Waals surface area contributed by atoms with Crippen molar-refractivity contribution < 1.29 is 21.9 Å². The molecule has 44 heavy (non-hydrogen) atoms. The number of nitrogens with two attached hydrogens (primary N) is 1. The second kappa shape index (κ2) is 13.8. The van der Waals surface area contributed by atoms with Crippen molar-refractivity contribution in [2.75, 3.05) is 36.1 Å². The van der Waals surface area contributed by atoms with Gasteiger partial charge in [0, 0.05) is 36.3 Å².